The zero-order valence-corrected chi connectivity index (χ0v) is 7.88. The molecule has 2 unspecified atom stereocenters. The Morgan fingerprint density at radius 3 is 2.42 bits per heavy atom. The van der Waals surface area contributed by atoms with Gasteiger partial charge in [0, 0.05) is 6.92 Å². The number of quaternary nitrogens is 1. The first-order chi connectivity index (χ1) is 5.43. The Morgan fingerprint density at radius 1 is 1.58 bits per heavy atom. The van der Waals surface area contributed by atoms with Gasteiger partial charge in [0.1, 0.15) is 5.72 Å². The molecule has 2 atom stereocenters. The number of rotatable bonds is 5. The lowest BCUT2D eigenvalue weighted by Gasteiger charge is -2.31. The number of hydrogen-bond acceptors (Lipinski definition) is 5. The third kappa shape index (κ3) is 3.96. The van der Waals surface area contributed by atoms with E-state index >= 15 is 0 Å². The van der Waals surface area contributed by atoms with Gasteiger partial charge in [0.2, 0.25) is 0 Å². The Labute approximate surface area is 72.1 Å². The molecule has 0 aromatic heterocycles. The highest BCUT2D eigenvalue weighted by atomic mass is 16.9. The van der Waals surface area contributed by atoms with E-state index in [1.54, 1.807) is 20.8 Å². The van der Waals surface area contributed by atoms with Gasteiger partial charge in [0.05, 0.1) is 7.11 Å². The van der Waals surface area contributed by atoms with Crippen molar-refractivity contribution in [1.82, 2.24) is 5.32 Å². The normalized spacial score (nSPS) is 17.5. The van der Waals surface area contributed by atoms with Gasteiger partial charge in [-0.2, -0.15) is 0 Å². The van der Waals surface area contributed by atoms with Crippen LogP contribution in [-0.4, -0.2) is 19.0 Å². The lowest BCUT2D eigenvalue weighted by molar-refractivity contribution is -1.07. The molecule has 0 aromatic rings. The summed E-state index contributed by atoms with van der Waals surface area (Å²) in [5.74, 6) is 4.98. The van der Waals surface area contributed by atoms with Gasteiger partial charge in [-0.25, -0.2) is 21.3 Å². The van der Waals surface area contributed by atoms with E-state index in [0.717, 1.165) is 0 Å². The van der Waals surface area contributed by atoms with E-state index in [1.807, 2.05) is 0 Å². The standard InChI is InChI=1S/C6H17N3O3/c1-5(9(10)11-4)8-6(2,3)12-7/h5,8-9H,7H2,1-4H3. The van der Waals surface area contributed by atoms with Crippen LogP contribution in [0.5, 0.6) is 0 Å². The first kappa shape index (κ1) is 11.8. The van der Waals surface area contributed by atoms with E-state index in [0.29, 0.717) is 0 Å². The molecular formula is C6H17N3O3. The SMILES string of the molecule is CO[NH+]([O-])C(C)NC(C)(C)ON. The number of hydroxylamine groups is 2. The van der Waals surface area contributed by atoms with Gasteiger partial charge in [-0.1, -0.05) is 0 Å². The summed E-state index contributed by atoms with van der Waals surface area (Å²) < 4.78 is 0. The molecule has 0 rings (SSSR count). The Bertz CT molecular complexity index is 131. The molecule has 6 heteroatoms. The molecule has 0 aliphatic rings. The second-order valence-corrected chi connectivity index (χ2v) is 3.02. The van der Waals surface area contributed by atoms with Gasteiger partial charge in [-0.15, -0.1) is 0 Å². The van der Waals surface area contributed by atoms with Gasteiger partial charge in [0.15, 0.2) is 6.17 Å². The van der Waals surface area contributed by atoms with Crippen LogP contribution in [0, 0.1) is 5.21 Å². The van der Waals surface area contributed by atoms with E-state index in [9.17, 15) is 5.21 Å². The number of hydrogen-bond donors (Lipinski definition) is 3. The van der Waals surface area contributed by atoms with E-state index in [2.05, 4.69) is 15.0 Å². The van der Waals surface area contributed by atoms with Crippen molar-refractivity contribution >= 4 is 0 Å². The predicted molar refractivity (Wildman–Crippen MR) is 43.3 cm³/mol. The van der Waals surface area contributed by atoms with Crippen molar-refractivity contribution in [2.45, 2.75) is 32.7 Å². The fraction of sp³-hybridized carbons (Fsp3) is 1.00. The van der Waals surface area contributed by atoms with Crippen LogP contribution in [0.3, 0.4) is 0 Å². The van der Waals surface area contributed by atoms with Crippen LogP contribution in [0.2, 0.25) is 0 Å². The highest BCUT2D eigenvalue weighted by Crippen LogP contribution is 1.99. The minimum Gasteiger partial charge on any atom is -0.599 e. The predicted octanol–water partition coefficient (Wildman–Crippen LogP) is -1.51. The first-order valence-electron chi connectivity index (χ1n) is 3.66. The molecule has 74 valence electrons. The van der Waals surface area contributed by atoms with Gasteiger partial charge >= 0.3 is 0 Å². The fourth-order valence-corrected chi connectivity index (χ4v) is 0.791. The van der Waals surface area contributed by atoms with Crippen molar-refractivity contribution in [2.75, 3.05) is 7.11 Å². The maximum atomic E-state index is 10.9. The molecule has 0 radical (unpaired) electrons. The van der Waals surface area contributed by atoms with Crippen molar-refractivity contribution in [3.05, 3.63) is 5.21 Å². The van der Waals surface area contributed by atoms with Crippen molar-refractivity contribution in [3.63, 3.8) is 0 Å². The van der Waals surface area contributed by atoms with Crippen LogP contribution in [0.1, 0.15) is 20.8 Å². The van der Waals surface area contributed by atoms with Crippen LogP contribution in [-0.2, 0) is 9.68 Å². The highest BCUT2D eigenvalue weighted by Gasteiger charge is 2.22. The van der Waals surface area contributed by atoms with Gasteiger partial charge in [0.25, 0.3) is 0 Å². The second-order valence-electron chi connectivity index (χ2n) is 3.02. The molecule has 6 nitrogen and oxygen atoms in total. The van der Waals surface area contributed by atoms with E-state index in [-0.39, 0.29) is 5.23 Å². The average molecular weight is 179 g/mol. The quantitative estimate of drug-likeness (QED) is 0.353. The molecule has 4 N–H and O–H groups in total. The maximum Gasteiger partial charge on any atom is 0.170 e. The minimum absolute atomic E-state index is 0.347. The zero-order valence-electron chi connectivity index (χ0n) is 7.88. The van der Waals surface area contributed by atoms with Crippen molar-refractivity contribution in [1.29, 1.82) is 0 Å². The Kier molecular flexibility index (Phi) is 4.61. The van der Waals surface area contributed by atoms with Crippen molar-refractivity contribution < 1.29 is 14.9 Å². The molecule has 0 aliphatic carbocycles. The Balaban J connectivity index is 3.90. The average Bonchev–Trinajstić information content (AvgIpc) is 2.02. The summed E-state index contributed by atoms with van der Waals surface area (Å²) in [7, 11) is 1.33. The Morgan fingerprint density at radius 2 is 2.08 bits per heavy atom. The first-order valence-corrected chi connectivity index (χ1v) is 3.66. The lowest BCUT2D eigenvalue weighted by Crippen LogP contribution is -3.12. The highest BCUT2D eigenvalue weighted by molar-refractivity contribution is 4.63. The molecular weight excluding hydrogens is 162 g/mol. The molecule has 0 spiro atoms. The molecule has 0 bridgehead atoms. The topological polar surface area (TPSA) is 84.0 Å². The van der Waals surface area contributed by atoms with Crippen LogP contribution in [0.25, 0.3) is 0 Å². The molecule has 0 heterocycles. The van der Waals surface area contributed by atoms with Crippen molar-refractivity contribution in [2.24, 2.45) is 5.90 Å². The van der Waals surface area contributed by atoms with Crippen LogP contribution >= 0.6 is 0 Å². The molecule has 0 saturated heterocycles. The third-order valence-electron chi connectivity index (χ3n) is 1.41. The van der Waals surface area contributed by atoms with E-state index in [4.69, 9.17) is 5.90 Å². The third-order valence-corrected chi connectivity index (χ3v) is 1.41. The zero-order chi connectivity index (χ0) is 9.78. The maximum absolute atomic E-state index is 10.9. The van der Waals surface area contributed by atoms with Gasteiger partial charge in [-0.05, 0) is 13.8 Å². The second kappa shape index (κ2) is 4.70. The van der Waals surface area contributed by atoms with E-state index < -0.39 is 11.9 Å². The fourth-order valence-electron chi connectivity index (χ4n) is 0.791. The van der Waals surface area contributed by atoms with Gasteiger partial charge in [-0.3, -0.25) is 4.84 Å². The summed E-state index contributed by atoms with van der Waals surface area (Å²) in [5, 5.41) is 13.4. The molecule has 0 aliphatic heterocycles. The molecule has 0 amide bonds. The van der Waals surface area contributed by atoms with Crippen LogP contribution < -0.4 is 16.4 Å². The molecule has 12 heavy (non-hydrogen) atoms. The smallest absolute Gasteiger partial charge is 0.170 e. The van der Waals surface area contributed by atoms with Gasteiger partial charge < -0.3 is 5.21 Å². The summed E-state index contributed by atoms with van der Waals surface area (Å²) in [6.45, 7) is 5.10. The number of nitrogens with two attached hydrogens (primary N) is 1. The summed E-state index contributed by atoms with van der Waals surface area (Å²) >= 11 is 0. The summed E-state index contributed by atoms with van der Waals surface area (Å²) in [6.07, 6.45) is -0.437. The molecule has 0 aromatic carbocycles. The summed E-state index contributed by atoms with van der Waals surface area (Å²) in [6, 6.07) is 0. The molecule has 0 fully saturated rings. The number of nitrogens with one attached hydrogen (secondary N) is 2. The summed E-state index contributed by atoms with van der Waals surface area (Å²) in [5.41, 5.74) is -0.729. The largest absolute Gasteiger partial charge is 0.599 e. The van der Waals surface area contributed by atoms with E-state index in [1.165, 1.54) is 7.11 Å². The lowest BCUT2D eigenvalue weighted by atomic mass is 10.3. The molecule has 0 saturated carbocycles. The Hall–Kier alpha value is -0.240. The minimum atomic E-state index is -0.729. The monoisotopic (exact) mass is 179 g/mol. The van der Waals surface area contributed by atoms with Crippen molar-refractivity contribution in [3.8, 4) is 0 Å². The summed E-state index contributed by atoms with van der Waals surface area (Å²) in [4.78, 5) is 9.09. The van der Waals surface area contributed by atoms with Crippen LogP contribution in [0.4, 0.5) is 0 Å². The van der Waals surface area contributed by atoms with Crippen LogP contribution in [0.15, 0.2) is 0 Å².